The molecule has 0 spiro atoms. The lowest BCUT2D eigenvalue weighted by atomic mass is 10.2. The molecule has 0 aromatic rings. The number of nitrogens with two attached hydrogens (primary N) is 1. The first-order valence-electron chi connectivity index (χ1n) is 6.38. The fourth-order valence-electron chi connectivity index (χ4n) is 2.25. The molecule has 1 heterocycles. The first-order valence-corrected chi connectivity index (χ1v) is 6.38. The van der Waals surface area contributed by atoms with E-state index < -0.39 is 0 Å². The first kappa shape index (κ1) is 11.8. The highest BCUT2D eigenvalue weighted by Crippen LogP contribution is 2.29. The first-order chi connectivity index (χ1) is 7.78. The van der Waals surface area contributed by atoms with Gasteiger partial charge in [0.25, 0.3) is 0 Å². The Balaban J connectivity index is 1.59. The Labute approximate surface area is 98.0 Å². The zero-order valence-electron chi connectivity index (χ0n) is 9.94. The third-order valence-electron chi connectivity index (χ3n) is 3.60. The molecule has 0 amide bonds. The topological polar surface area (TPSA) is 56.3 Å². The molecule has 1 atom stereocenters. The third-order valence-corrected chi connectivity index (χ3v) is 3.60. The van der Waals surface area contributed by atoms with E-state index in [-0.39, 0.29) is 6.04 Å². The molecule has 1 saturated heterocycles. The molecule has 4 nitrogen and oxygen atoms in total. The number of piperazine rings is 1. The van der Waals surface area contributed by atoms with E-state index in [4.69, 9.17) is 11.0 Å². The second kappa shape index (κ2) is 5.62. The van der Waals surface area contributed by atoms with Crippen molar-refractivity contribution in [2.24, 2.45) is 11.7 Å². The lowest BCUT2D eigenvalue weighted by Gasteiger charge is -2.34. The van der Waals surface area contributed by atoms with E-state index in [0.717, 1.165) is 32.0 Å². The van der Waals surface area contributed by atoms with Gasteiger partial charge in [-0.05, 0) is 25.2 Å². The lowest BCUT2D eigenvalue weighted by Crippen LogP contribution is -2.47. The summed E-state index contributed by atoms with van der Waals surface area (Å²) < 4.78 is 0. The van der Waals surface area contributed by atoms with Crippen molar-refractivity contribution in [3.05, 3.63) is 0 Å². The summed E-state index contributed by atoms with van der Waals surface area (Å²) in [5.74, 6) is 0.999. The van der Waals surface area contributed by atoms with E-state index in [1.807, 2.05) is 0 Å². The maximum absolute atomic E-state index is 8.61. The van der Waals surface area contributed by atoms with Gasteiger partial charge < -0.3 is 15.5 Å². The van der Waals surface area contributed by atoms with Crippen LogP contribution < -0.4 is 5.73 Å². The van der Waals surface area contributed by atoms with Gasteiger partial charge in [0.15, 0.2) is 0 Å². The van der Waals surface area contributed by atoms with Crippen LogP contribution >= 0.6 is 0 Å². The molecule has 1 aliphatic heterocycles. The minimum Gasteiger partial charge on any atom is -0.316 e. The minimum atomic E-state index is -0.288. The van der Waals surface area contributed by atoms with Gasteiger partial charge in [-0.25, -0.2) is 0 Å². The van der Waals surface area contributed by atoms with Crippen LogP contribution in [0.25, 0.3) is 0 Å². The van der Waals surface area contributed by atoms with Crippen molar-refractivity contribution in [1.29, 1.82) is 5.26 Å². The van der Waals surface area contributed by atoms with Crippen LogP contribution in [0, 0.1) is 17.2 Å². The fourth-order valence-corrected chi connectivity index (χ4v) is 2.25. The maximum Gasteiger partial charge on any atom is 0.0940 e. The second-order valence-electron chi connectivity index (χ2n) is 5.11. The van der Waals surface area contributed by atoms with Gasteiger partial charge in [0.2, 0.25) is 0 Å². The summed E-state index contributed by atoms with van der Waals surface area (Å²) >= 11 is 0. The van der Waals surface area contributed by atoms with E-state index in [0.29, 0.717) is 0 Å². The monoisotopic (exact) mass is 222 g/mol. The number of hydrogen-bond acceptors (Lipinski definition) is 4. The maximum atomic E-state index is 8.61. The van der Waals surface area contributed by atoms with Gasteiger partial charge in [-0.3, -0.25) is 0 Å². The number of hydrogen-bond donors (Lipinski definition) is 1. The molecule has 0 aromatic carbocycles. The van der Waals surface area contributed by atoms with Gasteiger partial charge >= 0.3 is 0 Å². The van der Waals surface area contributed by atoms with Gasteiger partial charge in [-0.15, -0.1) is 0 Å². The molecule has 4 heteroatoms. The van der Waals surface area contributed by atoms with Crippen molar-refractivity contribution >= 4 is 0 Å². The molecule has 2 rings (SSSR count). The summed E-state index contributed by atoms with van der Waals surface area (Å²) in [6.45, 7) is 6.96. The van der Waals surface area contributed by atoms with Gasteiger partial charge in [0.05, 0.1) is 12.1 Å². The SMILES string of the molecule is N#CC(N)CCN1CCN(CC2CC2)CC1. The quantitative estimate of drug-likeness (QED) is 0.725. The lowest BCUT2D eigenvalue weighted by molar-refractivity contribution is 0.127. The summed E-state index contributed by atoms with van der Waals surface area (Å²) in [7, 11) is 0. The third kappa shape index (κ3) is 3.75. The van der Waals surface area contributed by atoms with Gasteiger partial charge in [-0.1, -0.05) is 0 Å². The molecule has 1 saturated carbocycles. The van der Waals surface area contributed by atoms with Gasteiger partial charge in [-0.2, -0.15) is 5.26 Å². The molecule has 0 aromatic heterocycles. The van der Waals surface area contributed by atoms with E-state index in [1.165, 1.54) is 32.5 Å². The molecule has 2 N–H and O–H groups in total. The molecular weight excluding hydrogens is 200 g/mol. The average molecular weight is 222 g/mol. The minimum absolute atomic E-state index is 0.288. The van der Waals surface area contributed by atoms with E-state index in [2.05, 4.69) is 15.9 Å². The van der Waals surface area contributed by atoms with Crippen molar-refractivity contribution in [1.82, 2.24) is 9.80 Å². The molecule has 1 unspecified atom stereocenters. The second-order valence-corrected chi connectivity index (χ2v) is 5.11. The number of nitrogens with zero attached hydrogens (tertiary/aromatic N) is 3. The molecule has 1 aliphatic carbocycles. The van der Waals surface area contributed by atoms with Gasteiger partial charge in [0, 0.05) is 39.3 Å². The van der Waals surface area contributed by atoms with Crippen molar-refractivity contribution in [3.63, 3.8) is 0 Å². The summed E-state index contributed by atoms with van der Waals surface area (Å²) in [4.78, 5) is 5.01. The van der Waals surface area contributed by atoms with Crippen LogP contribution in [0.1, 0.15) is 19.3 Å². The highest BCUT2D eigenvalue weighted by atomic mass is 15.3. The number of nitriles is 1. The average Bonchev–Trinajstić information content (AvgIpc) is 3.11. The van der Waals surface area contributed by atoms with Crippen LogP contribution in [0.4, 0.5) is 0 Å². The van der Waals surface area contributed by atoms with Gasteiger partial charge in [0.1, 0.15) is 0 Å². The Bertz CT molecular complexity index is 248. The van der Waals surface area contributed by atoms with Crippen molar-refractivity contribution in [2.45, 2.75) is 25.3 Å². The van der Waals surface area contributed by atoms with Crippen LogP contribution in [0.2, 0.25) is 0 Å². The standard InChI is InChI=1S/C12H22N4/c13-9-12(14)3-4-15-5-7-16(8-6-15)10-11-1-2-11/h11-12H,1-8,10,14H2. The Hall–Kier alpha value is -0.630. The zero-order valence-corrected chi connectivity index (χ0v) is 9.94. The Morgan fingerprint density at radius 2 is 1.81 bits per heavy atom. The van der Waals surface area contributed by atoms with E-state index >= 15 is 0 Å². The smallest absolute Gasteiger partial charge is 0.0940 e. The predicted octanol–water partition coefficient (Wildman–Crippen LogP) is 0.255. The Kier molecular flexibility index (Phi) is 4.16. The van der Waals surface area contributed by atoms with Crippen LogP contribution in [0.15, 0.2) is 0 Å². The van der Waals surface area contributed by atoms with Crippen molar-refractivity contribution in [3.8, 4) is 6.07 Å². The normalized spacial score (nSPS) is 25.2. The summed E-state index contributed by atoms with van der Waals surface area (Å²) in [5.41, 5.74) is 5.59. The largest absolute Gasteiger partial charge is 0.316 e. The number of rotatable bonds is 5. The molecule has 0 bridgehead atoms. The summed E-state index contributed by atoms with van der Waals surface area (Å²) in [6, 6.07) is 1.80. The summed E-state index contributed by atoms with van der Waals surface area (Å²) in [5, 5.41) is 8.61. The molecular formula is C12H22N4. The van der Waals surface area contributed by atoms with Crippen LogP contribution in [-0.4, -0.2) is 55.1 Å². The molecule has 16 heavy (non-hydrogen) atoms. The van der Waals surface area contributed by atoms with Crippen molar-refractivity contribution < 1.29 is 0 Å². The predicted molar refractivity (Wildman–Crippen MR) is 63.8 cm³/mol. The van der Waals surface area contributed by atoms with E-state index in [9.17, 15) is 0 Å². The summed E-state index contributed by atoms with van der Waals surface area (Å²) in [6.07, 6.45) is 3.69. The molecule has 2 aliphatic rings. The highest BCUT2D eigenvalue weighted by Gasteiger charge is 2.26. The Morgan fingerprint density at radius 3 is 2.38 bits per heavy atom. The van der Waals surface area contributed by atoms with Crippen molar-refractivity contribution in [2.75, 3.05) is 39.3 Å². The zero-order chi connectivity index (χ0) is 11.4. The highest BCUT2D eigenvalue weighted by molar-refractivity contribution is 4.87. The van der Waals surface area contributed by atoms with E-state index in [1.54, 1.807) is 0 Å². The molecule has 0 radical (unpaired) electrons. The molecule has 2 fully saturated rings. The fraction of sp³-hybridized carbons (Fsp3) is 0.917. The van der Waals surface area contributed by atoms with Crippen LogP contribution in [-0.2, 0) is 0 Å². The van der Waals surface area contributed by atoms with Crippen LogP contribution in [0.3, 0.4) is 0 Å². The van der Waals surface area contributed by atoms with Crippen LogP contribution in [0.5, 0.6) is 0 Å². The molecule has 90 valence electrons. The Morgan fingerprint density at radius 1 is 1.19 bits per heavy atom.